The van der Waals surface area contributed by atoms with Gasteiger partial charge in [-0.15, -0.1) is 5.10 Å². The Balaban J connectivity index is 1.78. The van der Waals surface area contributed by atoms with Gasteiger partial charge in [-0.25, -0.2) is 0 Å². The van der Waals surface area contributed by atoms with Crippen LogP contribution in [0.2, 0.25) is 0 Å². The van der Waals surface area contributed by atoms with Crippen LogP contribution >= 0.6 is 11.8 Å². The van der Waals surface area contributed by atoms with Crippen LogP contribution in [0, 0.1) is 0 Å². The van der Waals surface area contributed by atoms with Gasteiger partial charge in [-0.1, -0.05) is 48.2 Å². The van der Waals surface area contributed by atoms with Crippen molar-refractivity contribution in [3.8, 4) is 0 Å². The van der Waals surface area contributed by atoms with Crippen molar-refractivity contribution in [3.63, 3.8) is 0 Å². The van der Waals surface area contributed by atoms with Crippen molar-refractivity contribution in [1.29, 1.82) is 0 Å². The summed E-state index contributed by atoms with van der Waals surface area (Å²) >= 11 is 1.57. The SMILES string of the molecule is C(=C\c1ccc2ccccc2c1)/Sc1cccnn1. The van der Waals surface area contributed by atoms with E-state index in [-0.39, 0.29) is 0 Å². The van der Waals surface area contributed by atoms with E-state index in [0.717, 1.165) is 5.03 Å². The normalized spacial score (nSPS) is 11.2. The van der Waals surface area contributed by atoms with E-state index in [9.17, 15) is 0 Å². The summed E-state index contributed by atoms with van der Waals surface area (Å²) in [5.74, 6) is 0. The fraction of sp³-hybridized carbons (Fsp3) is 0. The fourth-order valence-electron chi connectivity index (χ4n) is 1.84. The molecular weight excluding hydrogens is 252 g/mol. The molecule has 0 bridgehead atoms. The fourth-order valence-corrected chi connectivity index (χ4v) is 2.46. The zero-order valence-corrected chi connectivity index (χ0v) is 11.0. The molecule has 2 nitrogen and oxygen atoms in total. The largest absolute Gasteiger partial charge is 0.158 e. The third-order valence-corrected chi connectivity index (χ3v) is 3.50. The molecule has 0 radical (unpaired) electrons. The molecule has 0 saturated carbocycles. The van der Waals surface area contributed by atoms with E-state index in [0.29, 0.717) is 0 Å². The lowest BCUT2D eigenvalue weighted by Gasteiger charge is -1.99. The number of aromatic nitrogens is 2. The highest BCUT2D eigenvalue weighted by atomic mass is 32.2. The second-order valence-electron chi connectivity index (χ2n) is 4.09. The van der Waals surface area contributed by atoms with Gasteiger partial charge in [0.05, 0.1) is 0 Å². The minimum atomic E-state index is 0.902. The summed E-state index contributed by atoms with van der Waals surface area (Å²) < 4.78 is 0. The Bertz CT molecular complexity index is 708. The van der Waals surface area contributed by atoms with Gasteiger partial charge in [0.1, 0.15) is 5.03 Å². The molecule has 0 amide bonds. The molecule has 0 unspecified atom stereocenters. The van der Waals surface area contributed by atoms with Crippen LogP contribution in [0.15, 0.2) is 71.2 Å². The molecule has 0 fully saturated rings. The van der Waals surface area contributed by atoms with Crippen molar-refractivity contribution in [2.24, 2.45) is 0 Å². The number of hydrogen-bond acceptors (Lipinski definition) is 3. The van der Waals surface area contributed by atoms with Crippen molar-refractivity contribution in [2.75, 3.05) is 0 Å². The van der Waals surface area contributed by atoms with E-state index in [1.807, 2.05) is 17.5 Å². The molecule has 2 aromatic carbocycles. The second-order valence-corrected chi connectivity index (χ2v) is 5.02. The van der Waals surface area contributed by atoms with E-state index in [1.54, 1.807) is 18.0 Å². The van der Waals surface area contributed by atoms with Crippen molar-refractivity contribution in [1.82, 2.24) is 10.2 Å². The van der Waals surface area contributed by atoms with Gasteiger partial charge < -0.3 is 0 Å². The molecule has 0 aliphatic carbocycles. The van der Waals surface area contributed by atoms with Gasteiger partial charge in [0.2, 0.25) is 0 Å². The van der Waals surface area contributed by atoms with Gasteiger partial charge in [-0.3, -0.25) is 0 Å². The lowest BCUT2D eigenvalue weighted by atomic mass is 10.1. The van der Waals surface area contributed by atoms with Gasteiger partial charge in [0.25, 0.3) is 0 Å². The van der Waals surface area contributed by atoms with Gasteiger partial charge in [0.15, 0.2) is 0 Å². The summed E-state index contributed by atoms with van der Waals surface area (Å²) in [4.78, 5) is 0. The Morgan fingerprint density at radius 2 is 1.79 bits per heavy atom. The summed E-state index contributed by atoms with van der Waals surface area (Å²) in [5, 5.41) is 13.3. The summed E-state index contributed by atoms with van der Waals surface area (Å²) in [6.07, 6.45) is 3.77. The third-order valence-electron chi connectivity index (χ3n) is 2.77. The van der Waals surface area contributed by atoms with Crippen molar-refractivity contribution in [3.05, 3.63) is 71.8 Å². The highest BCUT2D eigenvalue weighted by Gasteiger charge is 1.94. The first-order valence-corrected chi connectivity index (χ1v) is 6.89. The van der Waals surface area contributed by atoms with Crippen molar-refractivity contribution >= 4 is 28.6 Å². The van der Waals surface area contributed by atoms with Gasteiger partial charge in [0, 0.05) is 6.20 Å². The average Bonchev–Trinajstić information content (AvgIpc) is 2.48. The zero-order chi connectivity index (χ0) is 12.9. The molecule has 3 heteroatoms. The van der Waals surface area contributed by atoms with E-state index >= 15 is 0 Å². The van der Waals surface area contributed by atoms with E-state index < -0.39 is 0 Å². The van der Waals surface area contributed by atoms with E-state index in [2.05, 4.69) is 58.7 Å². The zero-order valence-electron chi connectivity index (χ0n) is 10.2. The monoisotopic (exact) mass is 264 g/mol. The highest BCUT2D eigenvalue weighted by Crippen LogP contribution is 2.19. The average molecular weight is 264 g/mol. The number of rotatable bonds is 3. The Morgan fingerprint density at radius 1 is 0.895 bits per heavy atom. The summed E-state index contributed by atoms with van der Waals surface area (Å²) in [6, 6.07) is 18.6. The van der Waals surface area contributed by atoms with Gasteiger partial charge in [-0.05, 0) is 46.0 Å². The first kappa shape index (κ1) is 11.9. The van der Waals surface area contributed by atoms with E-state index in [4.69, 9.17) is 0 Å². The Morgan fingerprint density at radius 3 is 2.63 bits per heavy atom. The van der Waals surface area contributed by atoms with Crippen LogP contribution in [0.4, 0.5) is 0 Å². The predicted octanol–water partition coefficient (Wildman–Crippen LogP) is 4.39. The number of fused-ring (bicyclic) bond motifs is 1. The Hall–Kier alpha value is -2.13. The van der Waals surface area contributed by atoms with Gasteiger partial charge >= 0.3 is 0 Å². The number of nitrogens with zero attached hydrogens (tertiary/aromatic N) is 2. The number of thioether (sulfide) groups is 1. The van der Waals surface area contributed by atoms with Crippen LogP contribution in [-0.4, -0.2) is 10.2 Å². The quantitative estimate of drug-likeness (QED) is 0.656. The standard InChI is InChI=1S/C16H12N2S/c1-2-5-15-12-13(7-8-14(15)4-1)9-11-19-16-6-3-10-17-18-16/h1-12H/b11-9+. The van der Waals surface area contributed by atoms with Crippen molar-refractivity contribution in [2.45, 2.75) is 5.03 Å². The maximum atomic E-state index is 4.02. The minimum absolute atomic E-state index is 0.902. The van der Waals surface area contributed by atoms with Crippen LogP contribution in [0.1, 0.15) is 5.56 Å². The maximum absolute atomic E-state index is 4.02. The minimum Gasteiger partial charge on any atom is -0.158 e. The molecule has 3 rings (SSSR count). The van der Waals surface area contributed by atoms with Crippen LogP contribution in [0.3, 0.4) is 0 Å². The number of hydrogen-bond donors (Lipinski definition) is 0. The Labute approximate surface area is 116 Å². The molecule has 1 heterocycles. The molecule has 19 heavy (non-hydrogen) atoms. The second kappa shape index (κ2) is 5.67. The highest BCUT2D eigenvalue weighted by molar-refractivity contribution is 8.02. The predicted molar refractivity (Wildman–Crippen MR) is 80.9 cm³/mol. The molecule has 0 spiro atoms. The number of benzene rings is 2. The molecule has 3 aromatic rings. The molecular formula is C16H12N2S. The smallest absolute Gasteiger partial charge is 0.123 e. The molecule has 0 N–H and O–H groups in total. The molecule has 0 atom stereocenters. The van der Waals surface area contributed by atoms with Crippen LogP contribution < -0.4 is 0 Å². The molecule has 0 aliphatic heterocycles. The first-order chi connectivity index (χ1) is 9.42. The van der Waals surface area contributed by atoms with E-state index in [1.165, 1.54) is 16.3 Å². The van der Waals surface area contributed by atoms with Crippen LogP contribution in [-0.2, 0) is 0 Å². The van der Waals surface area contributed by atoms with Gasteiger partial charge in [-0.2, -0.15) is 5.10 Å². The summed E-state index contributed by atoms with van der Waals surface area (Å²) in [5.41, 5.74) is 1.19. The molecule has 92 valence electrons. The topological polar surface area (TPSA) is 25.8 Å². The molecule has 0 aliphatic rings. The molecule has 1 aromatic heterocycles. The van der Waals surface area contributed by atoms with Crippen molar-refractivity contribution < 1.29 is 0 Å². The summed E-state index contributed by atoms with van der Waals surface area (Å²) in [6.45, 7) is 0. The van der Waals surface area contributed by atoms with Crippen LogP contribution in [0.5, 0.6) is 0 Å². The summed E-state index contributed by atoms with van der Waals surface area (Å²) in [7, 11) is 0. The third kappa shape index (κ3) is 3.01. The van der Waals surface area contributed by atoms with Crippen LogP contribution in [0.25, 0.3) is 16.8 Å². The maximum Gasteiger partial charge on any atom is 0.123 e. The lowest BCUT2D eigenvalue weighted by Crippen LogP contribution is -1.79. The first-order valence-electron chi connectivity index (χ1n) is 6.01. The lowest BCUT2D eigenvalue weighted by molar-refractivity contribution is 0.932. The Kier molecular flexibility index (Phi) is 3.56. The molecule has 0 saturated heterocycles.